The Morgan fingerprint density at radius 3 is 2.08 bits per heavy atom. The minimum Gasteiger partial charge on any atom is -0.496 e. The molecule has 4 aliphatic rings. The summed E-state index contributed by atoms with van der Waals surface area (Å²) in [7, 11) is 3.41. The van der Waals surface area contributed by atoms with Crippen molar-refractivity contribution in [3.63, 3.8) is 0 Å². The Morgan fingerprint density at radius 2 is 1.46 bits per heavy atom. The molecule has 0 aromatic heterocycles. The molecule has 2 aromatic carbocycles. The number of hydrogen-bond donors (Lipinski definition) is 1. The molecule has 1 saturated carbocycles. The number of aryl methyl sites for hydroxylation is 2. The molecule has 37 heavy (non-hydrogen) atoms. The van der Waals surface area contributed by atoms with E-state index >= 15 is 0 Å². The molecule has 196 valence electrons. The Labute approximate surface area is 219 Å². The van der Waals surface area contributed by atoms with Gasteiger partial charge in [0.1, 0.15) is 11.5 Å². The smallest absolute Gasteiger partial charge is 0.226 e. The molecule has 0 bridgehead atoms. The lowest BCUT2D eigenvalue weighted by Gasteiger charge is -2.52. The molecule has 1 aliphatic heterocycles. The average molecular weight is 503 g/mol. The highest BCUT2D eigenvalue weighted by Gasteiger charge is 2.54. The zero-order valence-corrected chi connectivity index (χ0v) is 22.1. The number of carbonyl (C=O) groups excluding carboxylic acids is 2. The molecule has 2 amide bonds. The van der Waals surface area contributed by atoms with Crippen molar-refractivity contribution >= 4 is 11.8 Å². The summed E-state index contributed by atoms with van der Waals surface area (Å²) >= 11 is 0. The van der Waals surface area contributed by atoms with Crippen LogP contribution in [0.5, 0.6) is 11.5 Å². The standard InChI is InChI=1S/C31H38N2O4/c1-36-26-8-3-6-20-11-13-22(16-24(20)26)29(34)32-28-10-5-15-31(28)18-33(19-31)30(35)23-14-12-21-7-4-9-27(37-2)25(21)17-23/h3-4,6-9,22-23,28H,5,10-19H2,1-2H3,(H,32,34). The van der Waals surface area contributed by atoms with Gasteiger partial charge in [-0.25, -0.2) is 0 Å². The first-order valence-corrected chi connectivity index (χ1v) is 13.9. The second-order valence-electron chi connectivity index (χ2n) is 11.6. The van der Waals surface area contributed by atoms with Crippen molar-refractivity contribution in [3.05, 3.63) is 58.7 Å². The molecule has 1 N–H and O–H groups in total. The van der Waals surface area contributed by atoms with E-state index < -0.39 is 0 Å². The number of methoxy groups -OCH3 is 2. The molecule has 6 heteroatoms. The van der Waals surface area contributed by atoms with E-state index in [4.69, 9.17) is 9.47 Å². The Bertz CT molecular complexity index is 1170. The highest BCUT2D eigenvalue weighted by Crippen LogP contribution is 2.47. The zero-order valence-electron chi connectivity index (χ0n) is 22.1. The van der Waals surface area contributed by atoms with Crippen LogP contribution in [0.4, 0.5) is 0 Å². The SMILES string of the molecule is COc1cccc2c1CC(C(=O)NC1CCCC13CN(C(=O)C1CCc4cccc(OC)c4C1)C3)CC2. The van der Waals surface area contributed by atoms with Gasteiger partial charge in [0, 0.05) is 36.4 Å². The lowest BCUT2D eigenvalue weighted by atomic mass is 9.73. The number of rotatable bonds is 5. The van der Waals surface area contributed by atoms with Crippen LogP contribution in [0.25, 0.3) is 0 Å². The van der Waals surface area contributed by atoms with Gasteiger partial charge in [0.25, 0.3) is 0 Å². The number of fused-ring (bicyclic) bond motifs is 2. The molecule has 3 atom stereocenters. The number of ether oxygens (including phenoxy) is 2. The summed E-state index contributed by atoms with van der Waals surface area (Å²) in [5.41, 5.74) is 5.03. The van der Waals surface area contributed by atoms with Crippen LogP contribution >= 0.6 is 0 Å². The Kier molecular flexibility index (Phi) is 6.37. The van der Waals surface area contributed by atoms with Gasteiger partial charge in [-0.2, -0.15) is 0 Å². The van der Waals surface area contributed by atoms with Gasteiger partial charge in [-0.15, -0.1) is 0 Å². The third kappa shape index (κ3) is 4.28. The molecule has 3 unspecified atom stereocenters. The van der Waals surface area contributed by atoms with Gasteiger partial charge in [0.05, 0.1) is 14.2 Å². The van der Waals surface area contributed by atoms with E-state index in [1.54, 1.807) is 14.2 Å². The van der Waals surface area contributed by atoms with Crippen molar-refractivity contribution in [3.8, 4) is 11.5 Å². The number of amides is 2. The fraction of sp³-hybridized carbons (Fsp3) is 0.548. The highest BCUT2D eigenvalue weighted by molar-refractivity contribution is 5.82. The predicted octanol–water partition coefficient (Wildman–Crippen LogP) is 4.11. The molecule has 6 nitrogen and oxygen atoms in total. The summed E-state index contributed by atoms with van der Waals surface area (Å²) in [6.07, 6.45) is 8.32. The first kappa shape index (κ1) is 24.3. The summed E-state index contributed by atoms with van der Waals surface area (Å²) in [6.45, 7) is 1.54. The predicted molar refractivity (Wildman–Crippen MR) is 142 cm³/mol. The molecule has 2 aromatic rings. The van der Waals surface area contributed by atoms with Crippen LogP contribution in [0.15, 0.2) is 36.4 Å². The maximum Gasteiger partial charge on any atom is 0.226 e. The van der Waals surface area contributed by atoms with Gasteiger partial charge in [-0.05, 0) is 85.8 Å². The molecular weight excluding hydrogens is 464 g/mol. The van der Waals surface area contributed by atoms with Crippen LogP contribution in [0.1, 0.15) is 54.4 Å². The molecule has 1 spiro atoms. The topological polar surface area (TPSA) is 67.9 Å². The van der Waals surface area contributed by atoms with Crippen molar-refractivity contribution in [2.75, 3.05) is 27.3 Å². The fourth-order valence-electron chi connectivity index (χ4n) is 7.49. The van der Waals surface area contributed by atoms with Crippen molar-refractivity contribution in [2.45, 2.75) is 63.8 Å². The molecule has 3 aliphatic carbocycles. The van der Waals surface area contributed by atoms with Crippen LogP contribution in [-0.4, -0.2) is 50.1 Å². The summed E-state index contributed by atoms with van der Waals surface area (Å²) < 4.78 is 11.2. The second kappa shape index (κ2) is 9.70. The summed E-state index contributed by atoms with van der Waals surface area (Å²) in [5.74, 6) is 2.24. The lowest BCUT2D eigenvalue weighted by Crippen LogP contribution is -2.66. The third-order valence-corrected chi connectivity index (χ3v) is 9.59. The van der Waals surface area contributed by atoms with Gasteiger partial charge in [0.2, 0.25) is 11.8 Å². The van der Waals surface area contributed by atoms with Crippen molar-refractivity contribution in [2.24, 2.45) is 17.3 Å². The number of nitrogens with one attached hydrogen (secondary N) is 1. The minimum absolute atomic E-state index is 0.0171. The highest BCUT2D eigenvalue weighted by atomic mass is 16.5. The first-order chi connectivity index (χ1) is 18.0. The Balaban J connectivity index is 1.07. The van der Waals surface area contributed by atoms with Gasteiger partial charge in [-0.1, -0.05) is 30.7 Å². The van der Waals surface area contributed by atoms with Crippen molar-refractivity contribution < 1.29 is 19.1 Å². The normalized spacial score (nSPS) is 25.6. The van der Waals surface area contributed by atoms with E-state index in [1.165, 1.54) is 22.3 Å². The van der Waals surface area contributed by atoms with E-state index in [2.05, 4.69) is 22.3 Å². The number of likely N-dealkylation sites (tertiary alicyclic amines) is 1. The Morgan fingerprint density at radius 1 is 0.865 bits per heavy atom. The number of nitrogens with zero attached hydrogens (tertiary/aromatic N) is 1. The van der Waals surface area contributed by atoms with Crippen LogP contribution in [0.2, 0.25) is 0 Å². The maximum absolute atomic E-state index is 13.5. The number of benzene rings is 2. The van der Waals surface area contributed by atoms with Crippen LogP contribution in [-0.2, 0) is 35.3 Å². The van der Waals surface area contributed by atoms with E-state index in [1.807, 2.05) is 24.3 Å². The van der Waals surface area contributed by atoms with E-state index in [0.29, 0.717) is 0 Å². The van der Waals surface area contributed by atoms with Crippen molar-refractivity contribution in [1.82, 2.24) is 10.2 Å². The second-order valence-corrected chi connectivity index (χ2v) is 11.6. The van der Waals surface area contributed by atoms with Crippen LogP contribution < -0.4 is 14.8 Å². The molecule has 1 saturated heterocycles. The largest absolute Gasteiger partial charge is 0.496 e. The van der Waals surface area contributed by atoms with E-state index in [0.717, 1.165) is 82.4 Å². The van der Waals surface area contributed by atoms with Gasteiger partial charge in [0.15, 0.2) is 0 Å². The van der Waals surface area contributed by atoms with Gasteiger partial charge >= 0.3 is 0 Å². The molecule has 1 heterocycles. The maximum atomic E-state index is 13.5. The molecule has 6 rings (SSSR count). The summed E-state index contributed by atoms with van der Waals surface area (Å²) in [5, 5.41) is 3.44. The average Bonchev–Trinajstić information content (AvgIpc) is 3.34. The molecule has 2 fully saturated rings. The minimum atomic E-state index is -0.0171. The molecular formula is C31H38N2O4. The lowest BCUT2D eigenvalue weighted by molar-refractivity contribution is -0.150. The Hall–Kier alpha value is -3.02. The number of hydrogen-bond acceptors (Lipinski definition) is 4. The van der Waals surface area contributed by atoms with Gasteiger partial charge in [-0.3, -0.25) is 9.59 Å². The number of carbonyl (C=O) groups is 2. The van der Waals surface area contributed by atoms with Gasteiger partial charge < -0.3 is 19.7 Å². The summed E-state index contributed by atoms with van der Waals surface area (Å²) in [6, 6.07) is 12.5. The van der Waals surface area contributed by atoms with E-state index in [-0.39, 0.29) is 35.1 Å². The van der Waals surface area contributed by atoms with Crippen LogP contribution in [0.3, 0.4) is 0 Å². The van der Waals surface area contributed by atoms with Crippen LogP contribution in [0, 0.1) is 17.3 Å². The fourth-order valence-corrected chi connectivity index (χ4v) is 7.49. The summed E-state index contributed by atoms with van der Waals surface area (Å²) in [4.78, 5) is 28.9. The monoisotopic (exact) mass is 502 g/mol. The van der Waals surface area contributed by atoms with Crippen molar-refractivity contribution in [1.29, 1.82) is 0 Å². The zero-order chi connectivity index (χ0) is 25.6. The van der Waals surface area contributed by atoms with E-state index in [9.17, 15) is 9.59 Å². The quantitative estimate of drug-likeness (QED) is 0.668. The third-order valence-electron chi connectivity index (χ3n) is 9.59. The molecule has 0 radical (unpaired) electrons. The first-order valence-electron chi connectivity index (χ1n) is 13.9.